The molecule has 0 N–H and O–H groups in total. The van der Waals surface area contributed by atoms with Crippen LogP contribution in [-0.4, -0.2) is 52.3 Å². The number of benzene rings is 2. The van der Waals surface area contributed by atoms with Gasteiger partial charge >= 0.3 is 0 Å². The fraction of sp³-hybridized carbons (Fsp3) is 0.381. The summed E-state index contributed by atoms with van der Waals surface area (Å²) in [5.74, 6) is 2.20. The van der Waals surface area contributed by atoms with Gasteiger partial charge in [0.15, 0.2) is 11.5 Å². The topological polar surface area (TPSA) is 57.2 Å². The van der Waals surface area contributed by atoms with E-state index in [1.165, 1.54) is 21.3 Å². The zero-order chi connectivity index (χ0) is 20.3. The van der Waals surface area contributed by atoms with Gasteiger partial charge in [-0.25, -0.2) is 0 Å². The average Bonchev–Trinajstić information content (AvgIpc) is 3.22. The van der Waals surface area contributed by atoms with Crippen LogP contribution in [0.3, 0.4) is 0 Å². The molecule has 1 fully saturated rings. The first-order valence-electron chi connectivity index (χ1n) is 8.95. The molecule has 0 saturated carbocycles. The molecule has 2 aromatic carbocycles. The molecule has 1 amide bonds. The van der Waals surface area contributed by atoms with Gasteiger partial charge in [0.2, 0.25) is 5.75 Å². The number of amides is 1. The first-order chi connectivity index (χ1) is 13.5. The van der Waals surface area contributed by atoms with E-state index in [1.54, 1.807) is 19.2 Å². The van der Waals surface area contributed by atoms with Crippen molar-refractivity contribution in [2.45, 2.75) is 12.3 Å². The maximum atomic E-state index is 13.1. The molecule has 0 aliphatic carbocycles. The monoisotopic (exact) mass is 405 g/mol. The SMILES string of the molecule is COc1ccc(C2CCN(C(=O)c3cc(OC)c(OC)c(OC)c3)C2)cc1Cl. The van der Waals surface area contributed by atoms with Crippen molar-refractivity contribution in [2.75, 3.05) is 41.5 Å². The second-order valence-electron chi connectivity index (χ2n) is 6.54. The Balaban J connectivity index is 1.80. The second kappa shape index (κ2) is 8.61. The predicted octanol–water partition coefficient (Wildman–Crippen LogP) is 4.00. The molecule has 0 radical (unpaired) electrons. The van der Waals surface area contributed by atoms with Gasteiger partial charge in [-0.1, -0.05) is 17.7 Å². The number of hydrogen-bond acceptors (Lipinski definition) is 5. The summed E-state index contributed by atoms with van der Waals surface area (Å²) in [6.45, 7) is 1.29. The molecule has 1 saturated heterocycles. The van der Waals surface area contributed by atoms with Crippen molar-refractivity contribution in [3.63, 3.8) is 0 Å². The summed E-state index contributed by atoms with van der Waals surface area (Å²) in [7, 11) is 6.19. The lowest BCUT2D eigenvalue weighted by Crippen LogP contribution is -2.28. The summed E-state index contributed by atoms with van der Waals surface area (Å²) in [4.78, 5) is 14.9. The average molecular weight is 406 g/mol. The largest absolute Gasteiger partial charge is 0.495 e. The lowest BCUT2D eigenvalue weighted by molar-refractivity contribution is 0.0790. The number of carbonyl (C=O) groups is 1. The summed E-state index contributed by atoms with van der Waals surface area (Å²) in [6.07, 6.45) is 0.874. The summed E-state index contributed by atoms with van der Waals surface area (Å²) in [6, 6.07) is 9.14. The van der Waals surface area contributed by atoms with Gasteiger partial charge in [0.05, 0.1) is 33.5 Å². The van der Waals surface area contributed by atoms with E-state index < -0.39 is 0 Å². The minimum absolute atomic E-state index is 0.0682. The van der Waals surface area contributed by atoms with E-state index in [-0.39, 0.29) is 11.8 Å². The van der Waals surface area contributed by atoms with Gasteiger partial charge in [0.1, 0.15) is 5.75 Å². The van der Waals surface area contributed by atoms with Crippen molar-refractivity contribution in [1.82, 2.24) is 4.90 Å². The number of rotatable bonds is 6. The Kier molecular flexibility index (Phi) is 6.19. The fourth-order valence-electron chi connectivity index (χ4n) is 3.54. The van der Waals surface area contributed by atoms with Crippen molar-refractivity contribution >= 4 is 17.5 Å². The minimum Gasteiger partial charge on any atom is -0.495 e. The van der Waals surface area contributed by atoms with Crippen LogP contribution < -0.4 is 18.9 Å². The van der Waals surface area contributed by atoms with Crippen LogP contribution in [0.4, 0.5) is 0 Å². The summed E-state index contributed by atoms with van der Waals surface area (Å²) in [5.41, 5.74) is 1.61. The number of methoxy groups -OCH3 is 4. The molecule has 2 aromatic rings. The molecule has 1 heterocycles. The molecule has 0 spiro atoms. The molecule has 150 valence electrons. The number of nitrogens with zero attached hydrogens (tertiary/aromatic N) is 1. The van der Waals surface area contributed by atoms with Crippen molar-refractivity contribution in [3.05, 3.63) is 46.5 Å². The van der Waals surface area contributed by atoms with Crippen LogP contribution in [0, 0.1) is 0 Å². The number of hydrogen-bond donors (Lipinski definition) is 0. The maximum Gasteiger partial charge on any atom is 0.254 e. The number of halogens is 1. The minimum atomic E-state index is -0.0682. The molecule has 3 rings (SSSR count). The summed E-state index contributed by atoms with van der Waals surface area (Å²) < 4.78 is 21.2. The standard InChI is InChI=1S/C21H24ClNO5/c1-25-17-6-5-13(9-16(17)22)14-7-8-23(12-14)21(24)15-10-18(26-2)20(28-4)19(11-15)27-3/h5-6,9-11,14H,7-8,12H2,1-4H3. The Bertz CT molecular complexity index is 845. The highest BCUT2D eigenvalue weighted by atomic mass is 35.5. The molecule has 1 aliphatic rings. The van der Waals surface area contributed by atoms with E-state index in [9.17, 15) is 4.79 Å². The molecule has 1 atom stereocenters. The third-order valence-corrected chi connectivity index (χ3v) is 5.33. The van der Waals surface area contributed by atoms with Gasteiger partial charge < -0.3 is 23.8 Å². The molecular weight excluding hydrogens is 382 g/mol. The molecule has 0 aromatic heterocycles. The molecule has 0 bridgehead atoms. The second-order valence-corrected chi connectivity index (χ2v) is 6.95. The van der Waals surface area contributed by atoms with Crippen molar-refractivity contribution < 1.29 is 23.7 Å². The van der Waals surface area contributed by atoms with E-state index in [1.807, 2.05) is 23.1 Å². The van der Waals surface area contributed by atoms with Crippen LogP contribution in [0.15, 0.2) is 30.3 Å². The van der Waals surface area contributed by atoms with Crippen molar-refractivity contribution in [3.8, 4) is 23.0 Å². The van der Waals surface area contributed by atoms with Gasteiger partial charge in [0, 0.05) is 24.6 Å². The van der Waals surface area contributed by atoms with Gasteiger partial charge in [0.25, 0.3) is 5.91 Å². The third kappa shape index (κ3) is 3.83. The smallest absolute Gasteiger partial charge is 0.254 e. The maximum absolute atomic E-state index is 13.1. The lowest BCUT2D eigenvalue weighted by atomic mass is 9.98. The van der Waals surface area contributed by atoms with Crippen LogP contribution in [0.5, 0.6) is 23.0 Å². The summed E-state index contributed by atoms with van der Waals surface area (Å²) >= 11 is 6.25. The quantitative estimate of drug-likeness (QED) is 0.726. The van der Waals surface area contributed by atoms with E-state index in [4.69, 9.17) is 30.5 Å². The third-order valence-electron chi connectivity index (χ3n) is 5.03. The van der Waals surface area contributed by atoms with E-state index in [2.05, 4.69) is 0 Å². The Morgan fingerprint density at radius 2 is 1.61 bits per heavy atom. The Labute approximate surface area is 169 Å². The highest BCUT2D eigenvalue weighted by Gasteiger charge is 2.29. The van der Waals surface area contributed by atoms with Gasteiger partial charge in [-0.3, -0.25) is 4.79 Å². The van der Waals surface area contributed by atoms with E-state index >= 15 is 0 Å². The van der Waals surface area contributed by atoms with Crippen molar-refractivity contribution in [2.24, 2.45) is 0 Å². The number of carbonyl (C=O) groups excluding carboxylic acids is 1. The molecule has 6 nitrogen and oxygen atoms in total. The van der Waals surface area contributed by atoms with E-state index in [0.717, 1.165) is 12.0 Å². The first-order valence-corrected chi connectivity index (χ1v) is 9.32. The van der Waals surface area contributed by atoms with Crippen LogP contribution in [0.25, 0.3) is 0 Å². The highest BCUT2D eigenvalue weighted by Crippen LogP contribution is 2.39. The van der Waals surface area contributed by atoms with E-state index in [0.29, 0.717) is 46.7 Å². The van der Waals surface area contributed by atoms with Gasteiger partial charge in [-0.05, 0) is 36.2 Å². The Hall–Kier alpha value is -2.60. The van der Waals surface area contributed by atoms with Crippen LogP contribution in [0.1, 0.15) is 28.3 Å². The number of likely N-dealkylation sites (tertiary alicyclic amines) is 1. The zero-order valence-electron chi connectivity index (χ0n) is 16.5. The van der Waals surface area contributed by atoms with Crippen LogP contribution in [-0.2, 0) is 0 Å². The lowest BCUT2D eigenvalue weighted by Gasteiger charge is -2.19. The molecular formula is C21H24ClNO5. The zero-order valence-corrected chi connectivity index (χ0v) is 17.2. The first kappa shape index (κ1) is 20.1. The summed E-state index contributed by atoms with van der Waals surface area (Å²) in [5, 5.41) is 0.578. The van der Waals surface area contributed by atoms with Gasteiger partial charge in [-0.2, -0.15) is 0 Å². The molecule has 1 unspecified atom stereocenters. The molecule has 28 heavy (non-hydrogen) atoms. The van der Waals surface area contributed by atoms with Crippen molar-refractivity contribution in [1.29, 1.82) is 0 Å². The Morgan fingerprint density at radius 3 is 2.14 bits per heavy atom. The molecule has 7 heteroatoms. The molecule has 1 aliphatic heterocycles. The normalized spacial score (nSPS) is 16.0. The van der Waals surface area contributed by atoms with Crippen LogP contribution in [0.2, 0.25) is 5.02 Å². The highest BCUT2D eigenvalue weighted by molar-refractivity contribution is 6.32. The number of ether oxygens (including phenoxy) is 4. The van der Waals surface area contributed by atoms with Gasteiger partial charge in [-0.15, -0.1) is 0 Å². The predicted molar refractivity (Wildman–Crippen MR) is 107 cm³/mol. The fourth-order valence-corrected chi connectivity index (χ4v) is 3.81. The van der Waals surface area contributed by atoms with Crippen LogP contribution >= 0.6 is 11.6 Å². The Morgan fingerprint density at radius 1 is 0.964 bits per heavy atom.